The standard InChI is InChI=1S/C14H15N5/c1-3-15-14-16-7-11(8-17-14)10-4-5-12-13(6-10)19-9(2)18-12/h4-8H,3H2,1-2H3,(H,18,19)(H,15,16,17). The van der Waals surface area contributed by atoms with Gasteiger partial charge in [-0.3, -0.25) is 0 Å². The van der Waals surface area contributed by atoms with Gasteiger partial charge >= 0.3 is 0 Å². The number of fused-ring (bicyclic) bond motifs is 1. The molecule has 5 heteroatoms. The molecule has 0 radical (unpaired) electrons. The van der Waals surface area contributed by atoms with Crippen LogP contribution < -0.4 is 5.32 Å². The third-order valence-electron chi connectivity index (χ3n) is 2.92. The van der Waals surface area contributed by atoms with Gasteiger partial charge in [0, 0.05) is 24.5 Å². The van der Waals surface area contributed by atoms with Crippen molar-refractivity contribution in [3.63, 3.8) is 0 Å². The first-order valence-electron chi connectivity index (χ1n) is 6.29. The van der Waals surface area contributed by atoms with Crippen LogP contribution in [0.2, 0.25) is 0 Å². The molecule has 2 heterocycles. The second kappa shape index (κ2) is 4.68. The van der Waals surface area contributed by atoms with Crippen LogP contribution in [0.1, 0.15) is 12.7 Å². The zero-order valence-electron chi connectivity index (χ0n) is 10.9. The van der Waals surface area contributed by atoms with Crippen LogP contribution in [0.3, 0.4) is 0 Å². The average molecular weight is 253 g/mol. The SMILES string of the molecule is CCNc1ncc(-c2ccc3nc(C)[nH]c3c2)cn1. The first kappa shape index (κ1) is 11.6. The van der Waals surface area contributed by atoms with Crippen molar-refractivity contribution in [3.8, 4) is 11.1 Å². The fraction of sp³-hybridized carbons (Fsp3) is 0.214. The molecule has 19 heavy (non-hydrogen) atoms. The van der Waals surface area contributed by atoms with Gasteiger partial charge in [-0.15, -0.1) is 0 Å². The van der Waals surface area contributed by atoms with Gasteiger partial charge in [0.05, 0.1) is 11.0 Å². The number of hydrogen-bond donors (Lipinski definition) is 2. The third-order valence-corrected chi connectivity index (χ3v) is 2.92. The lowest BCUT2D eigenvalue weighted by molar-refractivity contribution is 1.09. The smallest absolute Gasteiger partial charge is 0.222 e. The maximum atomic E-state index is 4.39. The quantitative estimate of drug-likeness (QED) is 0.753. The Kier molecular flexibility index (Phi) is 2.87. The van der Waals surface area contributed by atoms with Gasteiger partial charge in [0.25, 0.3) is 0 Å². The molecule has 0 atom stereocenters. The molecule has 0 amide bonds. The van der Waals surface area contributed by atoms with E-state index in [0.29, 0.717) is 5.95 Å². The number of aromatic amines is 1. The van der Waals surface area contributed by atoms with Gasteiger partial charge in [-0.25, -0.2) is 15.0 Å². The second-order valence-electron chi connectivity index (χ2n) is 4.38. The fourth-order valence-electron chi connectivity index (χ4n) is 2.04. The summed E-state index contributed by atoms with van der Waals surface area (Å²) in [5.74, 6) is 1.58. The van der Waals surface area contributed by atoms with Crippen molar-refractivity contribution in [2.75, 3.05) is 11.9 Å². The minimum Gasteiger partial charge on any atom is -0.355 e. The number of aromatic nitrogens is 4. The lowest BCUT2D eigenvalue weighted by Gasteiger charge is -2.03. The van der Waals surface area contributed by atoms with Crippen LogP contribution in [-0.2, 0) is 0 Å². The highest BCUT2D eigenvalue weighted by molar-refractivity contribution is 5.81. The molecule has 0 aliphatic rings. The molecule has 2 N–H and O–H groups in total. The summed E-state index contributed by atoms with van der Waals surface area (Å²) >= 11 is 0. The highest BCUT2D eigenvalue weighted by atomic mass is 15.1. The average Bonchev–Trinajstić information content (AvgIpc) is 2.79. The first-order chi connectivity index (χ1) is 9.26. The van der Waals surface area contributed by atoms with E-state index in [-0.39, 0.29) is 0 Å². The third kappa shape index (κ3) is 2.27. The molecule has 0 aliphatic carbocycles. The highest BCUT2D eigenvalue weighted by Gasteiger charge is 2.04. The van der Waals surface area contributed by atoms with Gasteiger partial charge in [-0.2, -0.15) is 0 Å². The molecule has 0 bridgehead atoms. The summed E-state index contributed by atoms with van der Waals surface area (Å²) < 4.78 is 0. The van der Waals surface area contributed by atoms with Gasteiger partial charge in [0.2, 0.25) is 5.95 Å². The molecule has 2 aromatic heterocycles. The summed E-state index contributed by atoms with van der Waals surface area (Å²) in [4.78, 5) is 16.2. The maximum absolute atomic E-state index is 4.39. The van der Waals surface area contributed by atoms with Crippen LogP contribution in [0.4, 0.5) is 5.95 Å². The van der Waals surface area contributed by atoms with E-state index in [1.165, 1.54) is 0 Å². The molecule has 96 valence electrons. The van der Waals surface area contributed by atoms with Gasteiger partial charge in [-0.1, -0.05) is 6.07 Å². The molecule has 0 saturated heterocycles. The number of aryl methyl sites for hydroxylation is 1. The molecule has 3 rings (SSSR count). The zero-order chi connectivity index (χ0) is 13.2. The molecule has 0 fully saturated rings. The van der Waals surface area contributed by atoms with E-state index in [0.717, 1.165) is 34.5 Å². The second-order valence-corrected chi connectivity index (χ2v) is 4.38. The summed E-state index contributed by atoms with van der Waals surface area (Å²) in [6.07, 6.45) is 3.66. The van der Waals surface area contributed by atoms with Crippen LogP contribution >= 0.6 is 0 Å². The fourth-order valence-corrected chi connectivity index (χ4v) is 2.04. The monoisotopic (exact) mass is 253 g/mol. The number of nitrogens with one attached hydrogen (secondary N) is 2. The molecule has 0 saturated carbocycles. The highest BCUT2D eigenvalue weighted by Crippen LogP contribution is 2.22. The number of anilines is 1. The summed E-state index contributed by atoms with van der Waals surface area (Å²) in [6.45, 7) is 4.79. The molecule has 0 aliphatic heterocycles. The largest absolute Gasteiger partial charge is 0.355 e. The number of imidazole rings is 1. The van der Waals surface area contributed by atoms with E-state index in [9.17, 15) is 0 Å². The number of rotatable bonds is 3. The van der Waals surface area contributed by atoms with Crippen molar-refractivity contribution in [2.45, 2.75) is 13.8 Å². The van der Waals surface area contributed by atoms with Gasteiger partial charge in [0.1, 0.15) is 5.82 Å². The van der Waals surface area contributed by atoms with Crippen molar-refractivity contribution in [2.24, 2.45) is 0 Å². The molecule has 3 aromatic rings. The van der Waals surface area contributed by atoms with Crippen LogP contribution in [0.15, 0.2) is 30.6 Å². The molecule has 5 nitrogen and oxygen atoms in total. The normalized spacial score (nSPS) is 10.8. The van der Waals surface area contributed by atoms with Gasteiger partial charge in [0.15, 0.2) is 0 Å². The topological polar surface area (TPSA) is 66.5 Å². The van der Waals surface area contributed by atoms with E-state index in [1.807, 2.05) is 38.4 Å². The van der Waals surface area contributed by atoms with E-state index >= 15 is 0 Å². The van der Waals surface area contributed by atoms with Crippen molar-refractivity contribution in [3.05, 3.63) is 36.4 Å². The van der Waals surface area contributed by atoms with Crippen molar-refractivity contribution in [1.82, 2.24) is 19.9 Å². The molecule has 0 spiro atoms. The van der Waals surface area contributed by atoms with Crippen LogP contribution in [-0.4, -0.2) is 26.5 Å². The van der Waals surface area contributed by atoms with Crippen molar-refractivity contribution in [1.29, 1.82) is 0 Å². The number of hydrogen-bond acceptors (Lipinski definition) is 4. The summed E-state index contributed by atoms with van der Waals surface area (Å²) in [7, 11) is 0. The predicted molar refractivity (Wildman–Crippen MR) is 76.0 cm³/mol. The van der Waals surface area contributed by atoms with Gasteiger partial charge in [-0.05, 0) is 31.5 Å². The van der Waals surface area contributed by atoms with E-state index in [2.05, 4.69) is 31.3 Å². The lowest BCUT2D eigenvalue weighted by Crippen LogP contribution is -2.01. The Bertz CT molecular complexity index is 699. The Morgan fingerprint density at radius 1 is 1.16 bits per heavy atom. The van der Waals surface area contributed by atoms with E-state index < -0.39 is 0 Å². The molecular formula is C14H15N5. The molecule has 0 unspecified atom stereocenters. The van der Waals surface area contributed by atoms with E-state index in [4.69, 9.17) is 0 Å². The minimum atomic E-state index is 0.657. The van der Waals surface area contributed by atoms with Crippen LogP contribution in [0.5, 0.6) is 0 Å². The Balaban J connectivity index is 1.98. The first-order valence-corrected chi connectivity index (χ1v) is 6.29. The molecule has 1 aromatic carbocycles. The van der Waals surface area contributed by atoms with E-state index in [1.54, 1.807) is 0 Å². The van der Waals surface area contributed by atoms with Crippen molar-refractivity contribution >= 4 is 17.0 Å². The summed E-state index contributed by atoms with van der Waals surface area (Å²) in [5.41, 5.74) is 4.09. The van der Waals surface area contributed by atoms with Crippen molar-refractivity contribution < 1.29 is 0 Å². The summed E-state index contributed by atoms with van der Waals surface area (Å²) in [5, 5.41) is 3.08. The minimum absolute atomic E-state index is 0.657. The Morgan fingerprint density at radius 3 is 2.68 bits per heavy atom. The zero-order valence-corrected chi connectivity index (χ0v) is 10.9. The number of benzene rings is 1. The number of nitrogens with zero attached hydrogens (tertiary/aromatic N) is 3. The predicted octanol–water partition coefficient (Wildman–Crippen LogP) is 2.76. The van der Waals surface area contributed by atoms with Gasteiger partial charge < -0.3 is 10.3 Å². The summed E-state index contributed by atoms with van der Waals surface area (Å²) in [6, 6.07) is 6.11. The Morgan fingerprint density at radius 2 is 1.95 bits per heavy atom. The molecular weight excluding hydrogens is 238 g/mol. The number of H-pyrrole nitrogens is 1. The van der Waals surface area contributed by atoms with Crippen LogP contribution in [0.25, 0.3) is 22.2 Å². The lowest BCUT2D eigenvalue weighted by atomic mass is 10.1. The Labute approximate surface area is 111 Å². The maximum Gasteiger partial charge on any atom is 0.222 e. The Hall–Kier alpha value is -2.43. The van der Waals surface area contributed by atoms with Crippen LogP contribution in [0, 0.1) is 6.92 Å².